The summed E-state index contributed by atoms with van der Waals surface area (Å²) < 4.78 is 0. The number of aliphatic carboxylic acids is 1. The van der Waals surface area contributed by atoms with Gasteiger partial charge in [0.05, 0.1) is 11.8 Å². The molecule has 1 aliphatic carbocycles. The first-order chi connectivity index (χ1) is 9.60. The van der Waals surface area contributed by atoms with E-state index in [0.717, 1.165) is 32.1 Å². The molecule has 5 heteroatoms. The van der Waals surface area contributed by atoms with Gasteiger partial charge in [-0.3, -0.25) is 9.59 Å². The van der Waals surface area contributed by atoms with Crippen LogP contribution in [0.3, 0.4) is 0 Å². The number of carbonyl (C=O) groups excluding carboxylic acids is 1. The number of carboxylic acid groups (broad SMARTS) is 1. The van der Waals surface area contributed by atoms with E-state index < -0.39 is 11.9 Å². The smallest absolute Gasteiger partial charge is 0.307 e. The van der Waals surface area contributed by atoms with Crippen LogP contribution in [0.2, 0.25) is 0 Å². The van der Waals surface area contributed by atoms with E-state index in [2.05, 4.69) is 5.32 Å². The molecule has 0 aromatic rings. The van der Waals surface area contributed by atoms with Crippen molar-refractivity contribution in [1.82, 2.24) is 5.32 Å². The van der Waals surface area contributed by atoms with E-state index in [0.29, 0.717) is 25.3 Å². The topological polar surface area (TPSA) is 86.6 Å². The number of hydrogen-bond donors (Lipinski definition) is 3. The van der Waals surface area contributed by atoms with Crippen molar-refractivity contribution in [3.8, 4) is 0 Å². The van der Waals surface area contributed by atoms with Crippen molar-refractivity contribution in [2.45, 2.75) is 51.9 Å². The highest BCUT2D eigenvalue weighted by atomic mass is 16.4. The minimum absolute atomic E-state index is 0.101. The van der Waals surface area contributed by atoms with Crippen LogP contribution in [-0.2, 0) is 9.59 Å². The Morgan fingerprint density at radius 1 is 1.10 bits per heavy atom. The summed E-state index contributed by atoms with van der Waals surface area (Å²) in [7, 11) is 0. The molecule has 3 N–H and O–H groups in total. The Kier molecular flexibility index (Phi) is 7.59. The number of amides is 1. The molecular weight excluding hydrogens is 258 g/mol. The second-order valence-electron chi connectivity index (χ2n) is 5.73. The highest BCUT2D eigenvalue weighted by molar-refractivity contribution is 5.85. The molecule has 0 radical (unpaired) electrons. The zero-order valence-corrected chi connectivity index (χ0v) is 12.3. The molecule has 1 saturated carbocycles. The van der Waals surface area contributed by atoms with Gasteiger partial charge in [0.25, 0.3) is 0 Å². The third-order valence-electron chi connectivity index (χ3n) is 4.28. The average molecular weight is 285 g/mol. The SMILES string of the molecule is CCC1CC(C(=O)O)C(C(=O)NCCCCCCO)C1. The molecule has 0 aromatic heterocycles. The molecule has 1 rings (SSSR count). The van der Waals surface area contributed by atoms with Gasteiger partial charge in [0.2, 0.25) is 5.91 Å². The number of carbonyl (C=O) groups is 2. The lowest BCUT2D eigenvalue weighted by Crippen LogP contribution is -2.35. The highest BCUT2D eigenvalue weighted by Crippen LogP contribution is 2.38. The second-order valence-corrected chi connectivity index (χ2v) is 5.73. The molecule has 1 aliphatic rings. The predicted molar refractivity (Wildman–Crippen MR) is 76.2 cm³/mol. The Balaban J connectivity index is 2.32. The minimum atomic E-state index is -0.843. The molecule has 5 nitrogen and oxygen atoms in total. The van der Waals surface area contributed by atoms with Crippen molar-refractivity contribution in [3.63, 3.8) is 0 Å². The van der Waals surface area contributed by atoms with Crippen LogP contribution in [0.5, 0.6) is 0 Å². The fourth-order valence-corrected chi connectivity index (χ4v) is 2.97. The zero-order valence-electron chi connectivity index (χ0n) is 12.3. The summed E-state index contributed by atoms with van der Waals surface area (Å²) >= 11 is 0. The Morgan fingerprint density at radius 2 is 1.75 bits per heavy atom. The standard InChI is InChI=1S/C15H27NO4/c1-2-11-9-12(13(10-11)15(19)20)14(18)16-7-5-3-4-6-8-17/h11-13,17H,2-10H2,1H3,(H,16,18)(H,19,20). The van der Waals surface area contributed by atoms with Crippen LogP contribution in [0.15, 0.2) is 0 Å². The molecule has 0 bridgehead atoms. The highest BCUT2D eigenvalue weighted by Gasteiger charge is 2.41. The first-order valence-corrected chi connectivity index (χ1v) is 7.71. The first-order valence-electron chi connectivity index (χ1n) is 7.71. The summed E-state index contributed by atoms with van der Waals surface area (Å²) in [5.41, 5.74) is 0. The van der Waals surface area contributed by atoms with E-state index in [-0.39, 0.29) is 18.4 Å². The van der Waals surface area contributed by atoms with Crippen molar-refractivity contribution in [2.75, 3.05) is 13.2 Å². The molecule has 116 valence electrons. The molecule has 0 spiro atoms. The van der Waals surface area contributed by atoms with Gasteiger partial charge in [-0.05, 0) is 31.6 Å². The lowest BCUT2D eigenvalue weighted by molar-refractivity contribution is -0.146. The summed E-state index contributed by atoms with van der Waals surface area (Å²) in [5, 5.41) is 20.7. The van der Waals surface area contributed by atoms with Crippen LogP contribution in [0, 0.1) is 17.8 Å². The molecular formula is C15H27NO4. The number of nitrogens with one attached hydrogen (secondary N) is 1. The number of hydrogen-bond acceptors (Lipinski definition) is 3. The Morgan fingerprint density at radius 3 is 2.35 bits per heavy atom. The average Bonchev–Trinajstić information content (AvgIpc) is 2.87. The lowest BCUT2D eigenvalue weighted by atomic mass is 9.95. The Bertz CT molecular complexity index is 319. The molecule has 0 saturated heterocycles. The summed E-state index contributed by atoms with van der Waals surface area (Å²) in [6.45, 7) is 2.86. The molecule has 1 amide bonds. The lowest BCUT2D eigenvalue weighted by Gasteiger charge is -2.15. The molecule has 0 aromatic carbocycles. The Hall–Kier alpha value is -1.10. The van der Waals surface area contributed by atoms with Gasteiger partial charge in [0.15, 0.2) is 0 Å². The molecule has 0 aliphatic heterocycles. The maximum atomic E-state index is 12.1. The number of rotatable bonds is 9. The van der Waals surface area contributed by atoms with Crippen molar-refractivity contribution >= 4 is 11.9 Å². The zero-order chi connectivity index (χ0) is 15.0. The molecule has 1 fully saturated rings. The van der Waals surface area contributed by atoms with Gasteiger partial charge in [-0.1, -0.05) is 26.2 Å². The van der Waals surface area contributed by atoms with E-state index in [1.165, 1.54) is 0 Å². The largest absolute Gasteiger partial charge is 0.481 e. The van der Waals surface area contributed by atoms with Crippen LogP contribution in [-0.4, -0.2) is 35.2 Å². The van der Waals surface area contributed by atoms with Gasteiger partial charge in [-0.2, -0.15) is 0 Å². The van der Waals surface area contributed by atoms with Gasteiger partial charge in [-0.25, -0.2) is 0 Å². The van der Waals surface area contributed by atoms with Crippen molar-refractivity contribution in [1.29, 1.82) is 0 Å². The summed E-state index contributed by atoms with van der Waals surface area (Å²) in [4.78, 5) is 23.3. The summed E-state index contributed by atoms with van der Waals surface area (Å²) in [6, 6.07) is 0. The summed E-state index contributed by atoms with van der Waals surface area (Å²) in [6.07, 6.45) is 5.89. The fraction of sp³-hybridized carbons (Fsp3) is 0.867. The van der Waals surface area contributed by atoms with Crippen LogP contribution in [0.4, 0.5) is 0 Å². The van der Waals surface area contributed by atoms with Gasteiger partial charge in [-0.15, -0.1) is 0 Å². The van der Waals surface area contributed by atoms with Crippen LogP contribution in [0.1, 0.15) is 51.9 Å². The third kappa shape index (κ3) is 5.12. The van der Waals surface area contributed by atoms with Crippen molar-refractivity contribution < 1.29 is 19.8 Å². The first kappa shape index (κ1) is 17.0. The van der Waals surface area contributed by atoms with Crippen molar-refractivity contribution in [3.05, 3.63) is 0 Å². The number of aliphatic hydroxyl groups is 1. The molecule has 3 unspecified atom stereocenters. The van der Waals surface area contributed by atoms with Gasteiger partial charge >= 0.3 is 5.97 Å². The van der Waals surface area contributed by atoms with Gasteiger partial charge < -0.3 is 15.5 Å². The fourth-order valence-electron chi connectivity index (χ4n) is 2.97. The minimum Gasteiger partial charge on any atom is -0.481 e. The van der Waals surface area contributed by atoms with Crippen LogP contribution in [0.25, 0.3) is 0 Å². The molecule has 20 heavy (non-hydrogen) atoms. The van der Waals surface area contributed by atoms with E-state index in [4.69, 9.17) is 5.11 Å². The van der Waals surface area contributed by atoms with E-state index >= 15 is 0 Å². The molecule has 0 heterocycles. The van der Waals surface area contributed by atoms with Gasteiger partial charge in [0, 0.05) is 13.2 Å². The van der Waals surface area contributed by atoms with E-state index in [1.807, 2.05) is 6.92 Å². The number of unbranched alkanes of at least 4 members (excludes halogenated alkanes) is 3. The van der Waals surface area contributed by atoms with Crippen LogP contribution < -0.4 is 5.32 Å². The quantitative estimate of drug-likeness (QED) is 0.564. The maximum absolute atomic E-state index is 12.1. The van der Waals surface area contributed by atoms with Gasteiger partial charge in [0.1, 0.15) is 0 Å². The Labute approximate surface area is 120 Å². The van der Waals surface area contributed by atoms with E-state index in [1.54, 1.807) is 0 Å². The normalized spacial score (nSPS) is 25.6. The van der Waals surface area contributed by atoms with E-state index in [9.17, 15) is 14.7 Å². The summed E-state index contributed by atoms with van der Waals surface area (Å²) in [5.74, 6) is -1.47. The molecule has 3 atom stereocenters. The van der Waals surface area contributed by atoms with Crippen molar-refractivity contribution in [2.24, 2.45) is 17.8 Å². The maximum Gasteiger partial charge on any atom is 0.307 e. The van der Waals surface area contributed by atoms with Crippen LogP contribution >= 0.6 is 0 Å². The number of aliphatic hydroxyl groups excluding tert-OH is 1. The third-order valence-corrected chi connectivity index (χ3v) is 4.28. The second kappa shape index (κ2) is 8.95. The monoisotopic (exact) mass is 285 g/mol. The number of carboxylic acids is 1. The predicted octanol–water partition coefficient (Wildman–Crippen LogP) is 1.79.